The number of carbonyl (C=O) groups is 2. The highest BCUT2D eigenvalue weighted by molar-refractivity contribution is 7.83. The Hall–Kier alpha value is -3.01. The summed E-state index contributed by atoms with van der Waals surface area (Å²) in [6.07, 6.45) is 9.16. The Morgan fingerprint density at radius 1 is 1.00 bits per heavy atom. The summed E-state index contributed by atoms with van der Waals surface area (Å²) in [6, 6.07) is 8.81. The lowest BCUT2D eigenvalue weighted by molar-refractivity contribution is -0.127. The number of carbonyl (C=O) groups excluding carboxylic acids is 2. The van der Waals surface area contributed by atoms with Gasteiger partial charge in [-0.2, -0.15) is 0 Å². The van der Waals surface area contributed by atoms with Crippen molar-refractivity contribution in [2.75, 3.05) is 34.8 Å². The Morgan fingerprint density at radius 2 is 1.82 bits per heavy atom. The number of nitrogens with one attached hydrogen (secondary N) is 2. The van der Waals surface area contributed by atoms with Crippen molar-refractivity contribution in [3.63, 3.8) is 0 Å². The van der Waals surface area contributed by atoms with Crippen molar-refractivity contribution in [3.8, 4) is 0 Å². The maximum atomic E-state index is 13.7. The van der Waals surface area contributed by atoms with Crippen molar-refractivity contribution < 1.29 is 13.8 Å². The molecule has 10 heteroatoms. The Kier molecular flexibility index (Phi) is 6.85. The smallest absolute Gasteiger partial charge is 0.267 e. The molecule has 4 aliphatic rings. The molecule has 1 spiro atoms. The van der Waals surface area contributed by atoms with Gasteiger partial charge in [-0.15, -0.1) is 0 Å². The van der Waals surface area contributed by atoms with E-state index in [1.165, 1.54) is 6.42 Å². The molecule has 39 heavy (non-hydrogen) atoms. The third-order valence-corrected chi connectivity index (χ3v) is 10.1. The molecular weight excluding hydrogens is 512 g/mol. The molecule has 3 aliphatic heterocycles. The lowest BCUT2D eigenvalue weighted by atomic mass is 9.73. The van der Waals surface area contributed by atoms with Crippen LogP contribution >= 0.6 is 0 Å². The average molecular weight is 551 g/mol. The fourth-order valence-corrected chi connectivity index (χ4v) is 7.84. The maximum Gasteiger partial charge on any atom is 0.267 e. The summed E-state index contributed by atoms with van der Waals surface area (Å²) in [5.74, 6) is 1.96. The van der Waals surface area contributed by atoms with E-state index in [9.17, 15) is 13.8 Å². The van der Waals surface area contributed by atoms with E-state index in [0.29, 0.717) is 35.5 Å². The molecule has 6 rings (SSSR count). The standard InChI is InChI=1S/C29H38N6O3S/c1-28(2)18-20-8-7-16-30-22-9-6-10-24(31-22)39(38)33-26(36)21-11-12-23(32-25(21)35(28)19-20)34-17-15-29(27(34)37)13-4-3-5-14-29/h6,9-12,20H,3-5,7-8,13-19H2,1-2H3,(H,30,31)(H,33,36). The van der Waals surface area contributed by atoms with Crippen LogP contribution in [0, 0.1) is 11.3 Å². The van der Waals surface area contributed by atoms with Gasteiger partial charge in [-0.1, -0.05) is 25.3 Å². The van der Waals surface area contributed by atoms with E-state index in [2.05, 4.69) is 33.8 Å². The van der Waals surface area contributed by atoms with E-state index >= 15 is 0 Å². The summed E-state index contributed by atoms with van der Waals surface area (Å²) < 4.78 is 15.8. The number of hydrogen-bond donors (Lipinski definition) is 2. The molecule has 2 amide bonds. The van der Waals surface area contributed by atoms with Crippen molar-refractivity contribution in [1.82, 2.24) is 14.7 Å². The van der Waals surface area contributed by atoms with Crippen molar-refractivity contribution in [2.24, 2.45) is 11.3 Å². The van der Waals surface area contributed by atoms with Crippen LogP contribution in [0.25, 0.3) is 0 Å². The normalized spacial score (nSPS) is 26.4. The van der Waals surface area contributed by atoms with E-state index in [0.717, 1.165) is 64.5 Å². The summed E-state index contributed by atoms with van der Waals surface area (Å²) in [5.41, 5.74) is -0.114. The summed E-state index contributed by atoms with van der Waals surface area (Å²) in [6.45, 7) is 6.58. The maximum absolute atomic E-state index is 13.7. The fourth-order valence-electron chi connectivity index (χ4n) is 7.07. The molecule has 0 aromatic carbocycles. The van der Waals surface area contributed by atoms with Crippen LogP contribution in [-0.4, -0.2) is 51.2 Å². The van der Waals surface area contributed by atoms with Gasteiger partial charge in [0.1, 0.15) is 17.5 Å². The number of hydrogen-bond acceptors (Lipinski definition) is 7. The minimum Gasteiger partial charge on any atom is -0.370 e. The van der Waals surface area contributed by atoms with Gasteiger partial charge < -0.3 is 10.2 Å². The molecule has 2 atom stereocenters. The topological polar surface area (TPSA) is 108 Å². The number of anilines is 3. The molecule has 2 N–H and O–H groups in total. The second kappa shape index (κ2) is 10.2. The number of pyridine rings is 2. The zero-order chi connectivity index (χ0) is 27.2. The zero-order valence-electron chi connectivity index (χ0n) is 22.9. The van der Waals surface area contributed by atoms with Crippen molar-refractivity contribution >= 4 is 40.3 Å². The summed E-state index contributed by atoms with van der Waals surface area (Å²) in [7, 11) is -1.83. The SMILES string of the molecule is CC1(C)CC2CCCNc3cccc(n3)S(=O)NC(=O)c3ccc(N4CCC5(CCCCC5)C4=O)nc3N1C2. The van der Waals surface area contributed by atoms with Crippen LogP contribution in [-0.2, 0) is 15.8 Å². The number of nitrogens with zero attached hydrogens (tertiary/aromatic N) is 4. The van der Waals surface area contributed by atoms with Gasteiger partial charge in [0.25, 0.3) is 5.91 Å². The first-order chi connectivity index (χ1) is 18.8. The highest BCUT2D eigenvalue weighted by Crippen LogP contribution is 2.46. The zero-order valence-corrected chi connectivity index (χ0v) is 23.7. The molecule has 0 radical (unpaired) electrons. The second-order valence-electron chi connectivity index (χ2n) is 12.2. The van der Waals surface area contributed by atoms with Crippen molar-refractivity contribution in [1.29, 1.82) is 0 Å². The molecule has 2 unspecified atom stereocenters. The Morgan fingerprint density at radius 3 is 2.64 bits per heavy atom. The van der Waals surface area contributed by atoms with E-state index in [-0.39, 0.29) is 21.9 Å². The predicted octanol–water partition coefficient (Wildman–Crippen LogP) is 4.43. The van der Waals surface area contributed by atoms with Gasteiger partial charge >= 0.3 is 0 Å². The van der Waals surface area contributed by atoms with Crippen LogP contribution in [0.1, 0.15) is 82.0 Å². The molecule has 9 nitrogen and oxygen atoms in total. The van der Waals surface area contributed by atoms with Crippen LogP contribution in [0.15, 0.2) is 35.4 Å². The first kappa shape index (κ1) is 26.2. The largest absolute Gasteiger partial charge is 0.370 e. The molecular formula is C29H38N6O3S. The monoisotopic (exact) mass is 550 g/mol. The second-order valence-corrected chi connectivity index (χ2v) is 13.4. The van der Waals surface area contributed by atoms with Gasteiger partial charge in [0.15, 0.2) is 16.0 Å². The van der Waals surface area contributed by atoms with Crippen molar-refractivity contribution in [2.45, 2.75) is 82.2 Å². The average Bonchev–Trinajstić information content (AvgIpc) is 3.41. The number of fused-ring (bicyclic) bond motifs is 6. The minimum atomic E-state index is -1.83. The Balaban J connectivity index is 1.38. The van der Waals surface area contributed by atoms with Crippen LogP contribution < -0.4 is 19.8 Å². The first-order valence-corrected chi connectivity index (χ1v) is 15.5. The molecule has 2 saturated heterocycles. The van der Waals surface area contributed by atoms with Gasteiger partial charge in [0.2, 0.25) is 5.91 Å². The third kappa shape index (κ3) is 4.92. The van der Waals surface area contributed by atoms with Gasteiger partial charge in [0.05, 0.1) is 11.0 Å². The van der Waals surface area contributed by atoms with Gasteiger partial charge in [-0.05, 0) is 82.6 Å². The van der Waals surface area contributed by atoms with Crippen LogP contribution in [0.3, 0.4) is 0 Å². The number of rotatable bonds is 1. The molecule has 1 aliphatic carbocycles. The van der Waals surface area contributed by atoms with Crippen LogP contribution in [0.2, 0.25) is 0 Å². The number of aromatic nitrogens is 2. The lowest BCUT2D eigenvalue weighted by Gasteiger charge is -2.34. The quantitative estimate of drug-likeness (QED) is 0.541. The molecule has 2 aromatic rings. The van der Waals surface area contributed by atoms with E-state index < -0.39 is 16.9 Å². The Bertz CT molecular complexity index is 1310. The van der Waals surface area contributed by atoms with E-state index in [4.69, 9.17) is 4.98 Å². The minimum absolute atomic E-state index is 0.175. The summed E-state index contributed by atoms with van der Waals surface area (Å²) >= 11 is 0. The van der Waals surface area contributed by atoms with E-state index in [1.54, 1.807) is 24.3 Å². The fraction of sp³-hybridized carbons (Fsp3) is 0.586. The molecule has 5 heterocycles. The number of amides is 2. The predicted molar refractivity (Wildman–Crippen MR) is 152 cm³/mol. The van der Waals surface area contributed by atoms with Gasteiger partial charge in [0, 0.05) is 25.2 Å². The Labute approximate surface area is 232 Å². The molecule has 1 saturated carbocycles. The highest BCUT2D eigenvalue weighted by Gasteiger charge is 2.48. The molecule has 4 bridgehead atoms. The van der Waals surface area contributed by atoms with Crippen LogP contribution in [0.5, 0.6) is 0 Å². The highest BCUT2D eigenvalue weighted by atomic mass is 32.2. The van der Waals surface area contributed by atoms with Crippen LogP contribution in [0.4, 0.5) is 17.5 Å². The lowest BCUT2D eigenvalue weighted by Crippen LogP contribution is -2.41. The summed E-state index contributed by atoms with van der Waals surface area (Å²) in [4.78, 5) is 40.8. The first-order valence-electron chi connectivity index (χ1n) is 14.3. The van der Waals surface area contributed by atoms with E-state index in [1.807, 2.05) is 11.0 Å². The van der Waals surface area contributed by atoms with Gasteiger partial charge in [-0.25, -0.2) is 14.2 Å². The third-order valence-electron chi connectivity index (χ3n) is 9.11. The van der Waals surface area contributed by atoms with Gasteiger partial charge in [-0.3, -0.25) is 19.2 Å². The molecule has 3 fully saturated rings. The molecule has 2 aromatic heterocycles. The van der Waals surface area contributed by atoms with Crippen molar-refractivity contribution in [3.05, 3.63) is 35.9 Å². The summed E-state index contributed by atoms with van der Waals surface area (Å²) in [5, 5.41) is 3.62. The molecule has 208 valence electrons.